The van der Waals surface area contributed by atoms with Crippen LogP contribution in [0.5, 0.6) is 0 Å². The van der Waals surface area contributed by atoms with Crippen molar-refractivity contribution in [3.63, 3.8) is 0 Å². The Morgan fingerprint density at radius 1 is 0.914 bits per heavy atom. The third kappa shape index (κ3) is 5.28. The van der Waals surface area contributed by atoms with Crippen LogP contribution < -0.4 is 5.69 Å². The lowest BCUT2D eigenvalue weighted by molar-refractivity contribution is 0.0697. The quantitative estimate of drug-likeness (QED) is 0.433. The van der Waals surface area contributed by atoms with Crippen molar-refractivity contribution in [2.75, 3.05) is 0 Å². The van der Waals surface area contributed by atoms with E-state index < -0.39 is 17.6 Å². The minimum Gasteiger partial charge on any atom is -0.478 e. The van der Waals surface area contributed by atoms with Crippen LogP contribution in [0.25, 0.3) is 11.1 Å². The van der Waals surface area contributed by atoms with Crippen molar-refractivity contribution in [1.82, 2.24) is 14.3 Å². The second kappa shape index (κ2) is 10.5. The summed E-state index contributed by atoms with van der Waals surface area (Å²) in [4.78, 5) is 37.5. The molecule has 0 aliphatic carbocycles. The summed E-state index contributed by atoms with van der Waals surface area (Å²) < 4.78 is 2.26. The van der Waals surface area contributed by atoms with Gasteiger partial charge in [0.25, 0.3) is 5.91 Å². The Morgan fingerprint density at radius 3 is 2.29 bits per heavy atom. The van der Waals surface area contributed by atoms with E-state index in [0.29, 0.717) is 12.0 Å². The van der Waals surface area contributed by atoms with E-state index >= 15 is 0 Å². The Bertz CT molecular complexity index is 1490. The van der Waals surface area contributed by atoms with Gasteiger partial charge in [-0.2, -0.15) is 0 Å². The first-order chi connectivity index (χ1) is 17.0. The van der Waals surface area contributed by atoms with Gasteiger partial charge >= 0.3 is 11.7 Å². The van der Waals surface area contributed by atoms with Crippen LogP contribution in [-0.2, 0) is 13.0 Å². The molecule has 0 spiro atoms. The predicted octanol–water partition coefficient (Wildman–Crippen LogP) is 4.10. The molecule has 0 radical (unpaired) electrons. The summed E-state index contributed by atoms with van der Waals surface area (Å²) in [5.41, 5.74) is 2.60. The maximum absolute atomic E-state index is 13.1. The van der Waals surface area contributed by atoms with Crippen LogP contribution in [0.1, 0.15) is 45.4 Å². The van der Waals surface area contributed by atoms with E-state index in [1.165, 1.54) is 4.57 Å². The average molecular weight is 466 g/mol. The number of hydrogen-bond donors (Lipinski definition) is 1. The Labute approximate surface area is 202 Å². The molecule has 0 saturated heterocycles. The maximum Gasteiger partial charge on any atom is 0.354 e. The molecule has 0 atom stereocenters. The Hall–Kier alpha value is -4.70. The van der Waals surface area contributed by atoms with Crippen LogP contribution in [0.2, 0.25) is 0 Å². The molecule has 0 unspecified atom stereocenters. The van der Waals surface area contributed by atoms with Crippen LogP contribution >= 0.6 is 0 Å². The van der Waals surface area contributed by atoms with Gasteiger partial charge in [-0.15, -0.1) is 9.78 Å². The van der Waals surface area contributed by atoms with Gasteiger partial charge in [-0.25, -0.2) is 9.59 Å². The van der Waals surface area contributed by atoms with Crippen molar-refractivity contribution in [1.29, 1.82) is 0 Å². The molecule has 3 aromatic carbocycles. The predicted molar refractivity (Wildman–Crippen MR) is 132 cm³/mol. The number of carbonyl (C=O) groups is 2. The van der Waals surface area contributed by atoms with Crippen LogP contribution in [0.3, 0.4) is 0 Å². The third-order valence-electron chi connectivity index (χ3n) is 5.44. The van der Waals surface area contributed by atoms with E-state index in [1.54, 1.807) is 24.3 Å². The molecule has 0 aliphatic heterocycles. The molecule has 0 saturated carbocycles. The van der Waals surface area contributed by atoms with Gasteiger partial charge in [-0.1, -0.05) is 85.6 Å². The van der Waals surface area contributed by atoms with Gasteiger partial charge in [0.1, 0.15) is 0 Å². The molecule has 35 heavy (non-hydrogen) atoms. The number of hydrogen-bond acceptors (Lipinski definition) is 4. The SMILES string of the molecule is CCC#Cc1nn(C(=O)Cc2ccccc2)c(=O)n1Cc1ccc(-c2ccccc2C(=O)O)cc1. The minimum atomic E-state index is -0.997. The van der Waals surface area contributed by atoms with Crippen molar-refractivity contribution in [2.45, 2.75) is 26.3 Å². The van der Waals surface area contributed by atoms with E-state index in [-0.39, 0.29) is 24.4 Å². The lowest BCUT2D eigenvalue weighted by Crippen LogP contribution is -2.31. The summed E-state index contributed by atoms with van der Waals surface area (Å²) in [5.74, 6) is 4.59. The number of benzene rings is 3. The molecule has 174 valence electrons. The highest BCUT2D eigenvalue weighted by Crippen LogP contribution is 2.24. The van der Waals surface area contributed by atoms with E-state index in [9.17, 15) is 19.5 Å². The van der Waals surface area contributed by atoms with E-state index in [4.69, 9.17) is 0 Å². The first-order valence-corrected chi connectivity index (χ1v) is 11.2. The molecule has 0 aliphatic rings. The van der Waals surface area contributed by atoms with Gasteiger partial charge in [-0.05, 0) is 34.2 Å². The smallest absolute Gasteiger partial charge is 0.354 e. The number of rotatable bonds is 6. The largest absolute Gasteiger partial charge is 0.478 e. The summed E-state index contributed by atoms with van der Waals surface area (Å²) in [6, 6.07) is 23.2. The fourth-order valence-corrected chi connectivity index (χ4v) is 3.70. The molecular weight excluding hydrogens is 442 g/mol. The standard InChI is InChI=1S/C28H23N3O4/c1-2-3-13-25-29-31(26(32)18-20-9-5-4-6-10-20)28(35)30(25)19-21-14-16-22(17-15-21)23-11-7-8-12-24(23)27(33)34/h4-12,14-17H,2,18-19H2,1H3,(H,33,34). The summed E-state index contributed by atoms with van der Waals surface area (Å²) in [6.07, 6.45) is 0.632. The fraction of sp³-hybridized carbons (Fsp3) is 0.143. The maximum atomic E-state index is 13.1. The Balaban J connectivity index is 1.64. The second-order valence-corrected chi connectivity index (χ2v) is 7.86. The first kappa shape index (κ1) is 23.5. The minimum absolute atomic E-state index is 0.0517. The molecule has 1 N–H and O–H groups in total. The number of carbonyl (C=O) groups excluding carboxylic acids is 1. The summed E-state index contributed by atoms with van der Waals surface area (Å²) >= 11 is 0. The van der Waals surface area contributed by atoms with Crippen molar-refractivity contribution >= 4 is 11.9 Å². The normalized spacial score (nSPS) is 10.4. The highest BCUT2D eigenvalue weighted by Gasteiger charge is 2.18. The molecule has 7 nitrogen and oxygen atoms in total. The third-order valence-corrected chi connectivity index (χ3v) is 5.44. The van der Waals surface area contributed by atoms with Crippen molar-refractivity contribution < 1.29 is 14.7 Å². The highest BCUT2D eigenvalue weighted by atomic mass is 16.4. The van der Waals surface area contributed by atoms with Crippen molar-refractivity contribution in [3.8, 4) is 23.0 Å². The van der Waals surface area contributed by atoms with Gasteiger partial charge in [-0.3, -0.25) is 9.36 Å². The topological polar surface area (TPSA) is 94.2 Å². The molecule has 4 aromatic rings. The van der Waals surface area contributed by atoms with Crippen LogP contribution in [0.15, 0.2) is 83.7 Å². The van der Waals surface area contributed by atoms with Gasteiger partial charge in [0.05, 0.1) is 18.5 Å². The van der Waals surface area contributed by atoms with Crippen LogP contribution in [0.4, 0.5) is 0 Å². The summed E-state index contributed by atoms with van der Waals surface area (Å²) in [7, 11) is 0. The molecular formula is C28H23N3O4. The number of carboxylic acid groups (broad SMARTS) is 1. The lowest BCUT2D eigenvalue weighted by Gasteiger charge is -2.08. The fourth-order valence-electron chi connectivity index (χ4n) is 3.70. The van der Waals surface area contributed by atoms with Crippen LogP contribution in [-0.4, -0.2) is 31.3 Å². The van der Waals surface area contributed by atoms with Crippen molar-refractivity contribution in [3.05, 3.63) is 112 Å². The van der Waals surface area contributed by atoms with Gasteiger partial charge in [0.15, 0.2) is 0 Å². The summed E-state index contributed by atoms with van der Waals surface area (Å²) in [6.45, 7) is 2.06. The average Bonchev–Trinajstić information content (AvgIpc) is 3.18. The zero-order valence-electron chi connectivity index (χ0n) is 19.1. The van der Waals surface area contributed by atoms with E-state index in [1.807, 2.05) is 61.5 Å². The van der Waals surface area contributed by atoms with Gasteiger partial charge in [0, 0.05) is 6.42 Å². The monoisotopic (exact) mass is 465 g/mol. The number of aromatic carboxylic acids is 1. The second-order valence-electron chi connectivity index (χ2n) is 7.86. The molecule has 0 fully saturated rings. The van der Waals surface area contributed by atoms with Crippen molar-refractivity contribution in [2.24, 2.45) is 0 Å². The lowest BCUT2D eigenvalue weighted by atomic mass is 9.99. The van der Waals surface area contributed by atoms with E-state index in [0.717, 1.165) is 21.4 Å². The molecule has 1 aromatic heterocycles. The molecule has 4 rings (SSSR count). The number of aromatic nitrogens is 3. The number of carboxylic acids is 1. The molecule has 7 heteroatoms. The first-order valence-electron chi connectivity index (χ1n) is 11.2. The molecule has 0 amide bonds. The van der Waals surface area contributed by atoms with Gasteiger partial charge in [0.2, 0.25) is 5.82 Å². The van der Waals surface area contributed by atoms with Gasteiger partial charge < -0.3 is 5.11 Å². The Kier molecular flexibility index (Phi) is 7.03. The Morgan fingerprint density at radius 2 is 1.60 bits per heavy atom. The zero-order valence-corrected chi connectivity index (χ0v) is 19.1. The zero-order chi connectivity index (χ0) is 24.8. The molecule has 1 heterocycles. The number of nitrogens with zero attached hydrogens (tertiary/aromatic N) is 3. The summed E-state index contributed by atoms with van der Waals surface area (Å²) in [5, 5.41) is 13.7. The highest BCUT2D eigenvalue weighted by molar-refractivity contribution is 5.96. The molecule has 0 bridgehead atoms. The van der Waals surface area contributed by atoms with Crippen LogP contribution in [0, 0.1) is 11.8 Å². The van der Waals surface area contributed by atoms with E-state index in [2.05, 4.69) is 16.9 Å².